The number of aliphatic imine (C=N–C) groups is 1. The van der Waals surface area contributed by atoms with Gasteiger partial charge >= 0.3 is 0 Å². The molecule has 1 aliphatic heterocycles. The van der Waals surface area contributed by atoms with Gasteiger partial charge < -0.3 is 15.4 Å². The fourth-order valence-electron chi connectivity index (χ4n) is 2.64. The van der Waals surface area contributed by atoms with Crippen molar-refractivity contribution < 1.29 is 9.53 Å². The molecule has 0 bridgehead atoms. The quantitative estimate of drug-likeness (QED) is 0.317. The summed E-state index contributed by atoms with van der Waals surface area (Å²) < 4.78 is 5.28. The molecule has 162 valence electrons. The number of carbonyl (C=O) groups is 1. The number of benzene rings is 2. The summed E-state index contributed by atoms with van der Waals surface area (Å²) in [5.41, 5.74) is 10.0. The molecule has 6 heteroatoms. The Morgan fingerprint density at radius 3 is 2.40 bits per heavy atom. The van der Waals surface area contributed by atoms with Gasteiger partial charge in [-0.3, -0.25) is 9.79 Å². The summed E-state index contributed by atoms with van der Waals surface area (Å²) in [6, 6.07) is 13.9. The molecule has 1 aliphatic rings. The van der Waals surface area contributed by atoms with Gasteiger partial charge in [0.2, 0.25) is 0 Å². The summed E-state index contributed by atoms with van der Waals surface area (Å²) in [6.07, 6.45) is 5.72. The Bertz CT molecular complexity index is 816. The number of anilines is 2. The molecule has 1 heterocycles. The minimum atomic E-state index is 0.701. The van der Waals surface area contributed by atoms with Crippen LogP contribution in [0, 0.1) is 6.92 Å². The highest BCUT2D eigenvalue weighted by atomic mass is 35.5. The van der Waals surface area contributed by atoms with Crippen LogP contribution in [0.15, 0.2) is 59.6 Å². The Kier molecular flexibility index (Phi) is 12.9. The second kappa shape index (κ2) is 15.2. The van der Waals surface area contributed by atoms with E-state index in [1.807, 2.05) is 31.3 Å². The lowest BCUT2D eigenvalue weighted by molar-refractivity contribution is -0.104. The van der Waals surface area contributed by atoms with Crippen molar-refractivity contribution in [2.45, 2.75) is 27.3 Å². The third-order valence-corrected chi connectivity index (χ3v) is 4.60. The number of nitrogens with zero attached hydrogens (tertiary/aromatic N) is 2. The van der Waals surface area contributed by atoms with Gasteiger partial charge in [0.15, 0.2) is 0 Å². The minimum absolute atomic E-state index is 0.701. The molecule has 0 atom stereocenters. The third kappa shape index (κ3) is 9.72. The van der Waals surface area contributed by atoms with Crippen LogP contribution < -0.4 is 10.6 Å². The van der Waals surface area contributed by atoms with E-state index in [4.69, 9.17) is 22.1 Å². The molecule has 2 aromatic rings. The molecule has 5 nitrogen and oxygen atoms in total. The van der Waals surface area contributed by atoms with E-state index in [1.165, 1.54) is 17.2 Å². The minimum Gasteiger partial charge on any atom is -0.399 e. The number of allylic oxidation sites excluding steroid dienone is 2. The van der Waals surface area contributed by atoms with Gasteiger partial charge in [0.05, 0.1) is 30.5 Å². The topological polar surface area (TPSA) is 67.9 Å². The van der Waals surface area contributed by atoms with Gasteiger partial charge in [-0.2, -0.15) is 0 Å². The Balaban J connectivity index is 0.000000251. The molecule has 0 spiro atoms. The van der Waals surface area contributed by atoms with E-state index in [2.05, 4.69) is 35.0 Å². The zero-order valence-electron chi connectivity index (χ0n) is 18.1. The van der Waals surface area contributed by atoms with Crippen molar-refractivity contribution in [2.24, 2.45) is 4.99 Å². The monoisotopic (exact) mass is 429 g/mol. The summed E-state index contributed by atoms with van der Waals surface area (Å²) in [4.78, 5) is 15.7. The molecular formula is C24H32ClN3O2. The maximum atomic E-state index is 9.32. The molecule has 0 unspecified atom stereocenters. The number of hydrogen-bond acceptors (Lipinski definition) is 5. The first-order valence-corrected chi connectivity index (χ1v) is 10.3. The van der Waals surface area contributed by atoms with Gasteiger partial charge in [-0.1, -0.05) is 41.9 Å². The molecule has 1 fully saturated rings. The number of morpholine rings is 1. The van der Waals surface area contributed by atoms with Crippen molar-refractivity contribution in [1.82, 2.24) is 0 Å². The SMILES string of the molecule is C/C=C/C=O.CC=NCc1ccccc1C.Nc1ccc(N2CCOCC2)c(Cl)c1. The van der Waals surface area contributed by atoms with Crippen LogP contribution in [0.2, 0.25) is 5.02 Å². The molecule has 0 saturated carbocycles. The summed E-state index contributed by atoms with van der Waals surface area (Å²) in [5.74, 6) is 0. The van der Waals surface area contributed by atoms with Crippen LogP contribution in [0.5, 0.6) is 0 Å². The number of aryl methyl sites for hydroxylation is 1. The van der Waals surface area contributed by atoms with Gasteiger partial charge in [-0.05, 0) is 62.4 Å². The van der Waals surface area contributed by atoms with E-state index >= 15 is 0 Å². The van der Waals surface area contributed by atoms with Gasteiger partial charge in [-0.25, -0.2) is 0 Å². The zero-order valence-corrected chi connectivity index (χ0v) is 18.8. The van der Waals surface area contributed by atoms with Crippen molar-refractivity contribution in [1.29, 1.82) is 0 Å². The first-order valence-electron chi connectivity index (χ1n) is 9.96. The van der Waals surface area contributed by atoms with Crippen molar-refractivity contribution in [3.63, 3.8) is 0 Å². The molecule has 3 rings (SSSR count). The average Bonchev–Trinajstić information content (AvgIpc) is 2.75. The molecule has 0 aliphatic carbocycles. The van der Waals surface area contributed by atoms with Crippen LogP contribution in [0.3, 0.4) is 0 Å². The number of rotatable bonds is 4. The maximum absolute atomic E-state index is 9.32. The van der Waals surface area contributed by atoms with E-state index in [1.54, 1.807) is 19.1 Å². The standard InChI is InChI=1S/C10H13ClN2O.C10H13N.C4H6O/c11-9-7-8(12)1-2-10(9)13-3-5-14-6-4-13;1-3-11-8-10-7-5-4-6-9(10)2;1-2-3-4-5/h1-2,7H,3-6,12H2;3-7H,8H2,1-2H3;2-4H,1H3/b;;3-2+. The summed E-state index contributed by atoms with van der Waals surface area (Å²) in [7, 11) is 0. The fraction of sp³-hybridized carbons (Fsp3) is 0.333. The van der Waals surface area contributed by atoms with Crippen LogP contribution in [-0.4, -0.2) is 38.8 Å². The molecule has 2 aromatic carbocycles. The first kappa shape index (κ1) is 25.4. The molecule has 0 aromatic heterocycles. The normalized spacial score (nSPS) is 13.4. The number of aldehydes is 1. The van der Waals surface area contributed by atoms with Crippen LogP contribution in [-0.2, 0) is 16.1 Å². The number of hydrogen-bond donors (Lipinski definition) is 1. The number of ether oxygens (including phenoxy) is 1. The second-order valence-electron chi connectivity index (χ2n) is 6.50. The summed E-state index contributed by atoms with van der Waals surface area (Å²) >= 11 is 6.10. The van der Waals surface area contributed by atoms with E-state index in [0.717, 1.165) is 44.8 Å². The van der Waals surface area contributed by atoms with Crippen LogP contribution in [0.4, 0.5) is 11.4 Å². The lowest BCUT2D eigenvalue weighted by atomic mass is 10.1. The van der Waals surface area contributed by atoms with Crippen LogP contribution in [0.1, 0.15) is 25.0 Å². The Labute approximate surface area is 185 Å². The maximum Gasteiger partial charge on any atom is 0.142 e. The Hall–Kier alpha value is -2.63. The highest BCUT2D eigenvalue weighted by molar-refractivity contribution is 6.33. The summed E-state index contributed by atoms with van der Waals surface area (Å²) in [5, 5.41) is 0.715. The molecule has 30 heavy (non-hydrogen) atoms. The lowest BCUT2D eigenvalue weighted by Crippen LogP contribution is -2.36. The van der Waals surface area contributed by atoms with Crippen molar-refractivity contribution >= 4 is 35.5 Å². The van der Waals surface area contributed by atoms with Gasteiger partial charge in [0.25, 0.3) is 0 Å². The lowest BCUT2D eigenvalue weighted by Gasteiger charge is -2.29. The van der Waals surface area contributed by atoms with Crippen LogP contribution in [0.25, 0.3) is 0 Å². The average molecular weight is 430 g/mol. The predicted molar refractivity (Wildman–Crippen MR) is 129 cm³/mol. The van der Waals surface area contributed by atoms with E-state index in [0.29, 0.717) is 10.7 Å². The van der Waals surface area contributed by atoms with Gasteiger partial charge in [-0.15, -0.1) is 0 Å². The molecule has 0 radical (unpaired) electrons. The summed E-state index contributed by atoms with van der Waals surface area (Å²) in [6.45, 7) is 9.98. The fourth-order valence-corrected chi connectivity index (χ4v) is 2.95. The van der Waals surface area contributed by atoms with E-state index in [9.17, 15) is 4.79 Å². The first-order chi connectivity index (χ1) is 14.5. The largest absolute Gasteiger partial charge is 0.399 e. The van der Waals surface area contributed by atoms with Crippen molar-refractivity contribution in [2.75, 3.05) is 36.9 Å². The van der Waals surface area contributed by atoms with E-state index in [-0.39, 0.29) is 0 Å². The highest BCUT2D eigenvalue weighted by Gasteiger charge is 2.13. The number of nitrogen functional groups attached to an aromatic ring is 1. The third-order valence-electron chi connectivity index (χ3n) is 4.30. The van der Waals surface area contributed by atoms with Gasteiger partial charge in [0.1, 0.15) is 6.29 Å². The van der Waals surface area contributed by atoms with E-state index < -0.39 is 0 Å². The van der Waals surface area contributed by atoms with Crippen LogP contribution >= 0.6 is 11.6 Å². The molecular weight excluding hydrogens is 398 g/mol. The van der Waals surface area contributed by atoms with Crippen molar-refractivity contribution in [3.05, 3.63) is 70.8 Å². The number of halogens is 1. The Morgan fingerprint density at radius 2 is 1.87 bits per heavy atom. The highest BCUT2D eigenvalue weighted by Crippen LogP contribution is 2.28. The molecule has 2 N–H and O–H groups in total. The Morgan fingerprint density at radius 1 is 1.17 bits per heavy atom. The van der Waals surface area contributed by atoms with Crippen molar-refractivity contribution in [3.8, 4) is 0 Å². The van der Waals surface area contributed by atoms with Gasteiger partial charge in [0, 0.05) is 18.8 Å². The number of carbonyl (C=O) groups excluding carboxylic acids is 1. The predicted octanol–water partition coefficient (Wildman–Crippen LogP) is 5.11. The number of nitrogens with two attached hydrogens (primary N) is 1. The zero-order chi connectivity index (χ0) is 22.2. The molecule has 1 saturated heterocycles. The second-order valence-corrected chi connectivity index (χ2v) is 6.90. The smallest absolute Gasteiger partial charge is 0.142 e. The molecule has 0 amide bonds.